The molecule has 0 N–H and O–H groups in total. The molecule has 2 rings (SSSR count). The molecule has 1 aliphatic rings. The van der Waals surface area contributed by atoms with Gasteiger partial charge in [-0.2, -0.15) is 0 Å². The second-order valence-electron chi connectivity index (χ2n) is 3.72. The maximum atomic E-state index is 11.7. The topological polar surface area (TPSA) is 44.8 Å². The van der Waals surface area contributed by atoms with Crippen LogP contribution >= 0.6 is 0 Å². The van der Waals surface area contributed by atoms with Crippen LogP contribution in [0, 0.1) is 0 Å². The summed E-state index contributed by atoms with van der Waals surface area (Å²) >= 11 is 0. The first-order chi connectivity index (χ1) is 7.03. The second kappa shape index (κ2) is 3.15. The summed E-state index contributed by atoms with van der Waals surface area (Å²) < 4.78 is 15.7. The summed E-state index contributed by atoms with van der Waals surface area (Å²) in [5, 5.41) is 0. The molecule has 0 unspecified atom stereocenters. The molecular formula is C11H12O4. The predicted molar refractivity (Wildman–Crippen MR) is 53.1 cm³/mol. The molecule has 1 aromatic rings. The largest absolute Gasteiger partial charge is 0.496 e. The zero-order chi connectivity index (χ0) is 11.1. The average molecular weight is 208 g/mol. The molecule has 80 valence electrons. The van der Waals surface area contributed by atoms with Gasteiger partial charge in [0.15, 0.2) is 0 Å². The minimum absolute atomic E-state index is 0.347. The molecule has 0 aliphatic carbocycles. The van der Waals surface area contributed by atoms with Crippen molar-refractivity contribution in [3.63, 3.8) is 0 Å². The normalized spacial score (nSPS) is 17.4. The molecule has 0 bridgehead atoms. The van der Waals surface area contributed by atoms with Gasteiger partial charge >= 0.3 is 5.97 Å². The van der Waals surface area contributed by atoms with Gasteiger partial charge in [-0.05, 0) is 12.1 Å². The molecule has 15 heavy (non-hydrogen) atoms. The van der Waals surface area contributed by atoms with Crippen LogP contribution in [0.5, 0.6) is 11.5 Å². The molecule has 0 saturated heterocycles. The number of rotatable bonds is 1. The molecule has 0 spiro atoms. The average Bonchev–Trinajstić information content (AvgIpc) is 2.14. The van der Waals surface area contributed by atoms with Crippen molar-refractivity contribution in [3.05, 3.63) is 23.8 Å². The number of carbonyl (C=O) groups excluding carboxylic acids is 1. The summed E-state index contributed by atoms with van der Waals surface area (Å²) in [6.45, 7) is 3.38. The number of esters is 1. The van der Waals surface area contributed by atoms with Gasteiger partial charge in [0, 0.05) is 13.8 Å². The molecule has 0 atom stereocenters. The van der Waals surface area contributed by atoms with Gasteiger partial charge in [-0.1, -0.05) is 6.07 Å². The van der Waals surface area contributed by atoms with Gasteiger partial charge in [0.05, 0.1) is 7.11 Å². The highest BCUT2D eigenvalue weighted by molar-refractivity contribution is 5.96. The van der Waals surface area contributed by atoms with Gasteiger partial charge in [-0.15, -0.1) is 0 Å². The van der Waals surface area contributed by atoms with Gasteiger partial charge in [0.1, 0.15) is 17.1 Å². The Balaban J connectivity index is 2.54. The van der Waals surface area contributed by atoms with E-state index in [4.69, 9.17) is 14.2 Å². The van der Waals surface area contributed by atoms with Crippen LogP contribution in [0.4, 0.5) is 0 Å². The Morgan fingerprint density at radius 3 is 2.67 bits per heavy atom. The van der Waals surface area contributed by atoms with E-state index in [1.165, 1.54) is 7.11 Å². The number of cyclic esters (lactones) is 1. The van der Waals surface area contributed by atoms with E-state index in [-0.39, 0.29) is 0 Å². The highest BCUT2D eigenvalue weighted by Gasteiger charge is 2.35. The van der Waals surface area contributed by atoms with Crippen molar-refractivity contribution in [3.8, 4) is 11.5 Å². The van der Waals surface area contributed by atoms with Crippen molar-refractivity contribution in [2.45, 2.75) is 19.6 Å². The minimum Gasteiger partial charge on any atom is -0.496 e. The van der Waals surface area contributed by atoms with Crippen LogP contribution in [0.2, 0.25) is 0 Å². The van der Waals surface area contributed by atoms with Crippen molar-refractivity contribution in [1.82, 2.24) is 0 Å². The van der Waals surface area contributed by atoms with Crippen molar-refractivity contribution in [2.75, 3.05) is 7.11 Å². The van der Waals surface area contributed by atoms with E-state index in [2.05, 4.69) is 0 Å². The molecule has 4 nitrogen and oxygen atoms in total. The number of ether oxygens (including phenoxy) is 3. The van der Waals surface area contributed by atoms with Gasteiger partial charge in [0.2, 0.25) is 5.79 Å². The third-order valence-electron chi connectivity index (χ3n) is 2.11. The monoisotopic (exact) mass is 208 g/mol. The first-order valence-corrected chi connectivity index (χ1v) is 4.63. The van der Waals surface area contributed by atoms with Crippen LogP contribution in [0.1, 0.15) is 24.2 Å². The molecule has 1 aromatic carbocycles. The van der Waals surface area contributed by atoms with E-state index in [9.17, 15) is 4.79 Å². The summed E-state index contributed by atoms with van der Waals surface area (Å²) in [4.78, 5) is 11.7. The molecule has 0 saturated carbocycles. The molecular weight excluding hydrogens is 196 g/mol. The fourth-order valence-electron chi connectivity index (χ4n) is 1.53. The molecule has 1 aliphatic heterocycles. The Kier molecular flexibility index (Phi) is 2.07. The zero-order valence-corrected chi connectivity index (χ0v) is 8.87. The quantitative estimate of drug-likeness (QED) is 0.662. The van der Waals surface area contributed by atoms with E-state index < -0.39 is 11.8 Å². The Hall–Kier alpha value is -1.71. The maximum absolute atomic E-state index is 11.7. The SMILES string of the molecule is COc1cccc2c1C(=O)OC(C)(C)O2. The standard InChI is InChI=1S/C11H12O4/c1-11(2)14-8-6-4-5-7(13-3)9(8)10(12)15-11/h4-6H,1-3H3. The number of benzene rings is 1. The highest BCUT2D eigenvalue weighted by Crippen LogP contribution is 2.36. The molecule has 0 radical (unpaired) electrons. The lowest BCUT2D eigenvalue weighted by atomic mass is 10.1. The summed E-state index contributed by atoms with van der Waals surface area (Å²) in [6.07, 6.45) is 0. The van der Waals surface area contributed by atoms with E-state index >= 15 is 0 Å². The van der Waals surface area contributed by atoms with E-state index in [0.717, 1.165) is 0 Å². The number of fused-ring (bicyclic) bond motifs is 1. The van der Waals surface area contributed by atoms with Gasteiger partial charge < -0.3 is 14.2 Å². The maximum Gasteiger partial charge on any atom is 0.349 e. The smallest absolute Gasteiger partial charge is 0.349 e. The minimum atomic E-state index is -0.920. The lowest BCUT2D eigenvalue weighted by Crippen LogP contribution is -2.38. The van der Waals surface area contributed by atoms with Crippen LogP contribution in [-0.4, -0.2) is 18.9 Å². The molecule has 0 aromatic heterocycles. The number of carbonyl (C=O) groups is 1. The number of hydrogen-bond donors (Lipinski definition) is 0. The summed E-state index contributed by atoms with van der Waals surface area (Å²) in [7, 11) is 1.50. The Labute approximate surface area is 87.8 Å². The van der Waals surface area contributed by atoms with Crippen molar-refractivity contribution < 1.29 is 19.0 Å². The summed E-state index contributed by atoms with van der Waals surface area (Å²) in [5.74, 6) is -0.376. The van der Waals surface area contributed by atoms with Crippen LogP contribution in [0.25, 0.3) is 0 Å². The second-order valence-corrected chi connectivity index (χ2v) is 3.72. The van der Waals surface area contributed by atoms with E-state index in [1.54, 1.807) is 32.0 Å². The third kappa shape index (κ3) is 1.63. The zero-order valence-electron chi connectivity index (χ0n) is 8.87. The lowest BCUT2D eigenvalue weighted by Gasteiger charge is -2.32. The Morgan fingerprint density at radius 2 is 2.00 bits per heavy atom. The van der Waals surface area contributed by atoms with Crippen LogP contribution in [0.15, 0.2) is 18.2 Å². The van der Waals surface area contributed by atoms with E-state index in [0.29, 0.717) is 17.1 Å². The van der Waals surface area contributed by atoms with Crippen LogP contribution < -0.4 is 9.47 Å². The van der Waals surface area contributed by atoms with Gasteiger partial charge in [0.25, 0.3) is 0 Å². The number of hydrogen-bond acceptors (Lipinski definition) is 4. The fraction of sp³-hybridized carbons (Fsp3) is 0.364. The fourth-order valence-corrected chi connectivity index (χ4v) is 1.53. The molecule has 0 fully saturated rings. The summed E-state index contributed by atoms with van der Waals surface area (Å²) in [6, 6.07) is 5.19. The van der Waals surface area contributed by atoms with Crippen molar-refractivity contribution >= 4 is 5.97 Å². The summed E-state index contributed by atoms with van der Waals surface area (Å²) in [5.41, 5.74) is 0.347. The highest BCUT2D eigenvalue weighted by atomic mass is 16.7. The first-order valence-electron chi connectivity index (χ1n) is 4.63. The lowest BCUT2D eigenvalue weighted by molar-refractivity contribution is -0.127. The molecule has 4 heteroatoms. The third-order valence-corrected chi connectivity index (χ3v) is 2.11. The van der Waals surface area contributed by atoms with Gasteiger partial charge in [-0.25, -0.2) is 4.79 Å². The van der Waals surface area contributed by atoms with Crippen LogP contribution in [-0.2, 0) is 4.74 Å². The predicted octanol–water partition coefficient (Wildman–Crippen LogP) is 1.98. The Morgan fingerprint density at radius 1 is 1.27 bits per heavy atom. The molecule has 0 amide bonds. The first kappa shape index (κ1) is 9.83. The Bertz CT molecular complexity index is 409. The van der Waals surface area contributed by atoms with Crippen LogP contribution in [0.3, 0.4) is 0 Å². The van der Waals surface area contributed by atoms with Crippen molar-refractivity contribution in [1.29, 1.82) is 0 Å². The molecule has 1 heterocycles. The number of methoxy groups -OCH3 is 1. The van der Waals surface area contributed by atoms with Gasteiger partial charge in [-0.3, -0.25) is 0 Å². The van der Waals surface area contributed by atoms with Crippen molar-refractivity contribution in [2.24, 2.45) is 0 Å². The van der Waals surface area contributed by atoms with E-state index in [1.807, 2.05) is 0 Å².